The molecule has 1 aliphatic heterocycles. The number of ketones is 1. The molecule has 0 amide bonds. The number of Topliss-reactive ketones (excluding diaryl/α,β-unsaturated/α-hetero) is 1. The Morgan fingerprint density at radius 2 is 1.81 bits per heavy atom. The maximum atomic E-state index is 12.2. The molecule has 0 unspecified atom stereocenters. The summed E-state index contributed by atoms with van der Waals surface area (Å²) in [6, 6.07) is 12.2. The lowest BCUT2D eigenvalue weighted by Crippen LogP contribution is -2.16. The van der Waals surface area contributed by atoms with Crippen LogP contribution < -0.4 is 5.32 Å². The van der Waals surface area contributed by atoms with Gasteiger partial charge >= 0.3 is 0 Å². The van der Waals surface area contributed by atoms with Gasteiger partial charge in [-0.15, -0.1) is 24.2 Å². The van der Waals surface area contributed by atoms with E-state index in [1.807, 2.05) is 18.2 Å². The molecule has 0 fully saturated rings. The summed E-state index contributed by atoms with van der Waals surface area (Å²) in [6.07, 6.45) is 2.70. The Labute approximate surface area is 177 Å². The van der Waals surface area contributed by atoms with Gasteiger partial charge in [0.2, 0.25) is 0 Å². The van der Waals surface area contributed by atoms with Crippen LogP contribution in [0, 0.1) is 5.92 Å². The Hall–Kier alpha value is -1.00. The minimum Gasteiger partial charge on any atom is -0.316 e. The summed E-state index contributed by atoms with van der Waals surface area (Å²) in [5, 5.41) is 4.31. The first-order chi connectivity index (χ1) is 12.5. The van der Waals surface area contributed by atoms with Crippen molar-refractivity contribution in [3.8, 4) is 0 Å². The van der Waals surface area contributed by atoms with E-state index in [4.69, 9.17) is 11.6 Å². The van der Waals surface area contributed by atoms with Gasteiger partial charge < -0.3 is 5.32 Å². The SMILES string of the molecule is CC(C)CC(=O)c1ccc(CSc2c(Cl)ccc3c2CCNCC3)cc1.Cl. The summed E-state index contributed by atoms with van der Waals surface area (Å²) in [5.74, 6) is 1.48. The van der Waals surface area contributed by atoms with E-state index >= 15 is 0 Å². The zero-order valence-corrected chi connectivity index (χ0v) is 18.3. The van der Waals surface area contributed by atoms with Gasteiger partial charge in [-0.3, -0.25) is 4.79 Å². The Balaban J connectivity index is 0.00000261. The van der Waals surface area contributed by atoms with E-state index in [0.29, 0.717) is 12.3 Å². The van der Waals surface area contributed by atoms with Crippen LogP contribution in [0.3, 0.4) is 0 Å². The van der Waals surface area contributed by atoms with Crippen LogP contribution in [0.25, 0.3) is 0 Å². The fourth-order valence-electron chi connectivity index (χ4n) is 3.30. The standard InChI is InChI=1S/C22H26ClNOS.ClH/c1-15(2)13-21(25)18-5-3-16(4-6-18)14-26-22-19-10-12-24-11-9-17(19)7-8-20(22)23;/h3-8,15,24H,9-14H2,1-2H3;1H. The molecule has 2 aromatic rings. The van der Waals surface area contributed by atoms with Crippen molar-refractivity contribution in [3.63, 3.8) is 0 Å². The first-order valence-electron chi connectivity index (χ1n) is 9.30. The van der Waals surface area contributed by atoms with Crippen molar-refractivity contribution in [3.05, 3.63) is 63.7 Å². The van der Waals surface area contributed by atoms with E-state index in [-0.39, 0.29) is 18.2 Å². The molecule has 3 rings (SSSR count). The topological polar surface area (TPSA) is 29.1 Å². The van der Waals surface area contributed by atoms with Crippen LogP contribution in [0.5, 0.6) is 0 Å². The van der Waals surface area contributed by atoms with Gasteiger partial charge in [-0.05, 0) is 54.6 Å². The second kappa shape index (κ2) is 10.5. The molecule has 1 heterocycles. The molecule has 0 saturated heterocycles. The van der Waals surface area contributed by atoms with Crippen LogP contribution >= 0.6 is 35.8 Å². The van der Waals surface area contributed by atoms with Crippen LogP contribution in [-0.4, -0.2) is 18.9 Å². The van der Waals surface area contributed by atoms with Crippen LogP contribution in [0.2, 0.25) is 5.02 Å². The van der Waals surface area contributed by atoms with Gasteiger partial charge in [0, 0.05) is 22.6 Å². The minimum absolute atomic E-state index is 0. The quantitative estimate of drug-likeness (QED) is 0.458. The Bertz CT molecular complexity index is 775. The summed E-state index contributed by atoms with van der Waals surface area (Å²) < 4.78 is 0. The van der Waals surface area contributed by atoms with Crippen molar-refractivity contribution in [1.82, 2.24) is 5.32 Å². The number of halogens is 2. The van der Waals surface area contributed by atoms with Crippen molar-refractivity contribution in [1.29, 1.82) is 0 Å². The summed E-state index contributed by atoms with van der Waals surface area (Å²) in [6.45, 7) is 6.19. The predicted octanol–water partition coefficient (Wildman–Crippen LogP) is 5.97. The number of hydrogen-bond acceptors (Lipinski definition) is 3. The van der Waals surface area contributed by atoms with Crippen LogP contribution in [0.15, 0.2) is 41.3 Å². The molecule has 0 saturated carbocycles. The first-order valence-corrected chi connectivity index (χ1v) is 10.7. The molecule has 27 heavy (non-hydrogen) atoms. The molecule has 0 radical (unpaired) electrons. The number of carbonyl (C=O) groups excluding carboxylic acids is 1. The summed E-state index contributed by atoms with van der Waals surface area (Å²) in [4.78, 5) is 13.4. The zero-order valence-electron chi connectivity index (χ0n) is 15.9. The summed E-state index contributed by atoms with van der Waals surface area (Å²) >= 11 is 8.31. The number of rotatable bonds is 6. The molecule has 5 heteroatoms. The van der Waals surface area contributed by atoms with Crippen molar-refractivity contribution < 1.29 is 4.79 Å². The van der Waals surface area contributed by atoms with E-state index in [0.717, 1.165) is 42.3 Å². The van der Waals surface area contributed by atoms with E-state index in [2.05, 4.69) is 37.4 Å². The number of thioether (sulfide) groups is 1. The second-order valence-electron chi connectivity index (χ2n) is 7.27. The molecule has 0 aliphatic carbocycles. The number of hydrogen-bond donors (Lipinski definition) is 1. The van der Waals surface area contributed by atoms with E-state index in [9.17, 15) is 4.79 Å². The first kappa shape index (κ1) is 22.3. The third-order valence-corrected chi connectivity index (χ3v) is 6.34. The van der Waals surface area contributed by atoms with Crippen LogP contribution in [-0.2, 0) is 18.6 Å². The highest BCUT2D eigenvalue weighted by Crippen LogP contribution is 2.36. The average molecular weight is 424 g/mol. The molecule has 1 N–H and O–H groups in total. The fourth-order valence-corrected chi connectivity index (χ4v) is 4.75. The number of nitrogens with one attached hydrogen (secondary N) is 1. The number of fused-ring (bicyclic) bond motifs is 1. The molecular formula is C22H27Cl2NOS. The molecule has 0 aromatic heterocycles. The summed E-state index contributed by atoms with van der Waals surface area (Å²) in [7, 11) is 0. The third kappa shape index (κ3) is 5.99. The highest BCUT2D eigenvalue weighted by molar-refractivity contribution is 7.98. The van der Waals surface area contributed by atoms with E-state index in [1.165, 1.54) is 21.6 Å². The molecule has 2 nitrogen and oxygen atoms in total. The van der Waals surface area contributed by atoms with Crippen LogP contribution in [0.1, 0.15) is 47.3 Å². The highest BCUT2D eigenvalue weighted by Gasteiger charge is 2.15. The average Bonchev–Trinajstić information content (AvgIpc) is 2.86. The Morgan fingerprint density at radius 1 is 1.11 bits per heavy atom. The van der Waals surface area contributed by atoms with Crippen molar-refractivity contribution >= 4 is 41.6 Å². The maximum absolute atomic E-state index is 12.2. The monoisotopic (exact) mass is 423 g/mol. The third-order valence-electron chi connectivity index (χ3n) is 4.69. The van der Waals surface area contributed by atoms with E-state index < -0.39 is 0 Å². The van der Waals surface area contributed by atoms with Crippen molar-refractivity contribution in [2.45, 2.75) is 43.8 Å². The van der Waals surface area contributed by atoms with Crippen molar-refractivity contribution in [2.24, 2.45) is 5.92 Å². The van der Waals surface area contributed by atoms with E-state index in [1.54, 1.807) is 11.8 Å². The van der Waals surface area contributed by atoms with Gasteiger partial charge in [-0.2, -0.15) is 0 Å². The van der Waals surface area contributed by atoms with Gasteiger partial charge in [-0.1, -0.05) is 55.8 Å². The van der Waals surface area contributed by atoms with Gasteiger partial charge in [0.15, 0.2) is 5.78 Å². The maximum Gasteiger partial charge on any atom is 0.163 e. The lowest BCUT2D eigenvalue weighted by molar-refractivity contribution is 0.0968. The number of benzene rings is 2. The smallest absolute Gasteiger partial charge is 0.163 e. The largest absolute Gasteiger partial charge is 0.316 e. The van der Waals surface area contributed by atoms with Gasteiger partial charge in [0.05, 0.1) is 5.02 Å². The lowest BCUT2D eigenvalue weighted by atomic mass is 10.0. The van der Waals surface area contributed by atoms with Gasteiger partial charge in [0.1, 0.15) is 0 Å². The van der Waals surface area contributed by atoms with Gasteiger partial charge in [0.25, 0.3) is 0 Å². The minimum atomic E-state index is 0. The Kier molecular flexibility index (Phi) is 8.68. The molecule has 0 atom stereocenters. The fraction of sp³-hybridized carbons (Fsp3) is 0.409. The molecule has 0 bridgehead atoms. The van der Waals surface area contributed by atoms with Crippen LogP contribution in [0.4, 0.5) is 0 Å². The molecule has 146 valence electrons. The summed E-state index contributed by atoms with van der Waals surface area (Å²) in [5.41, 5.74) is 4.84. The predicted molar refractivity (Wildman–Crippen MR) is 119 cm³/mol. The normalized spacial score (nSPS) is 13.6. The van der Waals surface area contributed by atoms with Crippen molar-refractivity contribution in [2.75, 3.05) is 13.1 Å². The second-order valence-corrected chi connectivity index (χ2v) is 8.66. The van der Waals surface area contributed by atoms with Gasteiger partial charge in [-0.25, -0.2) is 0 Å². The lowest BCUT2D eigenvalue weighted by Gasteiger charge is -2.14. The number of carbonyl (C=O) groups is 1. The molecule has 1 aliphatic rings. The molecular weight excluding hydrogens is 397 g/mol. The Morgan fingerprint density at radius 3 is 2.52 bits per heavy atom. The zero-order chi connectivity index (χ0) is 18.5. The molecule has 2 aromatic carbocycles. The molecule has 0 spiro atoms. The highest BCUT2D eigenvalue weighted by atomic mass is 35.5.